The standard InChI is InChI=1S/C7H9BrN2O3/c1-3(6(11)12)2-4-5(8)10-7(13)9-4/h3H,2H2,1H3,(H,11,12)(H2,9,10,13). The average molecular weight is 249 g/mol. The second-order valence-electron chi connectivity index (χ2n) is 2.82. The molecule has 0 aliphatic heterocycles. The maximum atomic E-state index is 10.8. The molecular weight excluding hydrogens is 240 g/mol. The molecule has 1 aromatic rings. The number of hydrogen-bond donors (Lipinski definition) is 3. The van der Waals surface area contributed by atoms with Crippen molar-refractivity contribution in [2.75, 3.05) is 0 Å². The number of carboxylic acids is 1. The van der Waals surface area contributed by atoms with Crippen LogP contribution in [0.25, 0.3) is 0 Å². The van der Waals surface area contributed by atoms with E-state index in [1.54, 1.807) is 6.92 Å². The Kier molecular flexibility index (Phi) is 2.92. The first-order chi connectivity index (χ1) is 6.00. The van der Waals surface area contributed by atoms with Gasteiger partial charge in [0.25, 0.3) is 0 Å². The van der Waals surface area contributed by atoms with Crippen LogP contribution in [0.4, 0.5) is 0 Å². The molecule has 0 bridgehead atoms. The third kappa shape index (κ3) is 2.45. The molecule has 1 aromatic heterocycles. The second-order valence-corrected chi connectivity index (χ2v) is 3.61. The van der Waals surface area contributed by atoms with E-state index in [0.29, 0.717) is 16.7 Å². The maximum Gasteiger partial charge on any atom is 0.323 e. The van der Waals surface area contributed by atoms with Gasteiger partial charge in [-0.05, 0) is 15.9 Å². The molecule has 3 N–H and O–H groups in total. The van der Waals surface area contributed by atoms with Crippen molar-refractivity contribution in [2.24, 2.45) is 5.92 Å². The minimum Gasteiger partial charge on any atom is -0.481 e. The van der Waals surface area contributed by atoms with Crippen molar-refractivity contribution in [2.45, 2.75) is 13.3 Å². The molecule has 0 radical (unpaired) electrons. The second kappa shape index (κ2) is 3.78. The molecule has 13 heavy (non-hydrogen) atoms. The van der Waals surface area contributed by atoms with Crippen LogP contribution in [-0.4, -0.2) is 21.0 Å². The first-order valence-electron chi connectivity index (χ1n) is 3.70. The summed E-state index contributed by atoms with van der Waals surface area (Å²) in [6.45, 7) is 1.58. The Morgan fingerprint density at radius 2 is 2.23 bits per heavy atom. The number of nitrogens with one attached hydrogen (secondary N) is 2. The third-order valence-electron chi connectivity index (χ3n) is 1.68. The zero-order valence-corrected chi connectivity index (χ0v) is 8.51. The summed E-state index contributed by atoms with van der Waals surface area (Å²) in [4.78, 5) is 26.3. The third-order valence-corrected chi connectivity index (χ3v) is 2.36. The lowest BCUT2D eigenvalue weighted by molar-refractivity contribution is -0.141. The Hall–Kier alpha value is -1.04. The highest BCUT2D eigenvalue weighted by Crippen LogP contribution is 2.13. The van der Waals surface area contributed by atoms with Gasteiger partial charge >= 0.3 is 11.7 Å². The number of carbonyl (C=O) groups is 1. The maximum absolute atomic E-state index is 10.8. The summed E-state index contributed by atoms with van der Waals surface area (Å²) in [6, 6.07) is 0. The van der Waals surface area contributed by atoms with Crippen LogP contribution >= 0.6 is 15.9 Å². The van der Waals surface area contributed by atoms with E-state index in [2.05, 4.69) is 25.9 Å². The minimum absolute atomic E-state index is 0.300. The topological polar surface area (TPSA) is 86.0 Å². The quantitative estimate of drug-likeness (QED) is 0.738. The molecule has 0 aromatic carbocycles. The van der Waals surface area contributed by atoms with Crippen LogP contribution in [0.15, 0.2) is 9.40 Å². The van der Waals surface area contributed by atoms with Crippen molar-refractivity contribution in [3.8, 4) is 0 Å². The Morgan fingerprint density at radius 3 is 2.62 bits per heavy atom. The summed E-state index contributed by atoms with van der Waals surface area (Å²) in [5.41, 5.74) is 0.249. The van der Waals surface area contributed by atoms with Gasteiger partial charge in [0.1, 0.15) is 4.60 Å². The molecule has 0 aliphatic carbocycles. The van der Waals surface area contributed by atoms with E-state index in [0.717, 1.165) is 0 Å². The number of hydrogen-bond acceptors (Lipinski definition) is 2. The van der Waals surface area contributed by atoms with Gasteiger partial charge in [0.2, 0.25) is 0 Å². The van der Waals surface area contributed by atoms with E-state index < -0.39 is 11.9 Å². The van der Waals surface area contributed by atoms with Gasteiger partial charge in [0.05, 0.1) is 11.6 Å². The summed E-state index contributed by atoms with van der Waals surface area (Å²) < 4.78 is 0.519. The van der Waals surface area contributed by atoms with Gasteiger partial charge in [-0.2, -0.15) is 0 Å². The van der Waals surface area contributed by atoms with Gasteiger partial charge in [-0.25, -0.2) is 4.79 Å². The molecule has 0 aliphatic rings. The number of H-pyrrole nitrogens is 2. The molecule has 5 nitrogen and oxygen atoms in total. The highest BCUT2D eigenvalue weighted by atomic mass is 79.9. The lowest BCUT2D eigenvalue weighted by atomic mass is 10.1. The molecule has 1 heterocycles. The fourth-order valence-electron chi connectivity index (χ4n) is 0.932. The van der Waals surface area contributed by atoms with E-state index >= 15 is 0 Å². The molecule has 1 rings (SSSR count). The van der Waals surface area contributed by atoms with Crippen molar-refractivity contribution < 1.29 is 9.90 Å². The van der Waals surface area contributed by atoms with Crippen molar-refractivity contribution in [1.29, 1.82) is 0 Å². The van der Waals surface area contributed by atoms with Crippen LogP contribution in [-0.2, 0) is 11.2 Å². The number of rotatable bonds is 3. The largest absolute Gasteiger partial charge is 0.481 e. The fourth-order valence-corrected chi connectivity index (χ4v) is 1.37. The molecule has 1 unspecified atom stereocenters. The van der Waals surface area contributed by atoms with Gasteiger partial charge < -0.3 is 15.1 Å². The average Bonchev–Trinajstić information content (AvgIpc) is 2.30. The smallest absolute Gasteiger partial charge is 0.323 e. The van der Waals surface area contributed by atoms with E-state index in [1.165, 1.54) is 0 Å². The number of carboxylic acid groups (broad SMARTS) is 1. The predicted octanol–water partition coefficient (Wildman–Crippen LogP) is 0.729. The van der Waals surface area contributed by atoms with E-state index in [9.17, 15) is 9.59 Å². The lowest BCUT2D eigenvalue weighted by Crippen LogP contribution is -2.13. The van der Waals surface area contributed by atoms with Gasteiger partial charge in [-0.15, -0.1) is 0 Å². The summed E-state index contributed by atoms with van der Waals surface area (Å²) in [5.74, 6) is -1.39. The Bertz CT molecular complexity index is 368. The van der Waals surface area contributed by atoms with Crippen LogP contribution < -0.4 is 5.69 Å². The Morgan fingerprint density at radius 1 is 1.62 bits per heavy atom. The highest BCUT2D eigenvalue weighted by Gasteiger charge is 2.14. The summed E-state index contributed by atoms with van der Waals surface area (Å²) in [7, 11) is 0. The van der Waals surface area contributed by atoms with Gasteiger partial charge in [0, 0.05) is 6.42 Å². The zero-order chi connectivity index (χ0) is 10.0. The molecule has 6 heteroatoms. The normalized spacial score (nSPS) is 12.8. The minimum atomic E-state index is -0.881. The van der Waals surface area contributed by atoms with E-state index in [-0.39, 0.29) is 5.69 Å². The van der Waals surface area contributed by atoms with Crippen LogP contribution in [0.5, 0.6) is 0 Å². The zero-order valence-electron chi connectivity index (χ0n) is 6.93. The number of halogens is 1. The van der Waals surface area contributed by atoms with Crippen molar-refractivity contribution in [3.63, 3.8) is 0 Å². The van der Waals surface area contributed by atoms with Crippen LogP contribution in [0, 0.1) is 5.92 Å². The first kappa shape index (κ1) is 10.0. The van der Waals surface area contributed by atoms with Gasteiger partial charge in [0.15, 0.2) is 0 Å². The molecule has 0 fully saturated rings. The molecule has 1 atom stereocenters. The molecule has 0 saturated carbocycles. The number of aromatic amines is 2. The lowest BCUT2D eigenvalue weighted by Gasteiger charge is -2.03. The van der Waals surface area contributed by atoms with E-state index in [4.69, 9.17) is 5.11 Å². The van der Waals surface area contributed by atoms with Crippen molar-refractivity contribution in [3.05, 3.63) is 20.8 Å². The molecule has 0 amide bonds. The van der Waals surface area contributed by atoms with Crippen molar-refractivity contribution in [1.82, 2.24) is 9.97 Å². The van der Waals surface area contributed by atoms with Gasteiger partial charge in [-0.3, -0.25) is 4.79 Å². The van der Waals surface area contributed by atoms with Crippen LogP contribution in [0.1, 0.15) is 12.6 Å². The fraction of sp³-hybridized carbons (Fsp3) is 0.429. The van der Waals surface area contributed by atoms with Gasteiger partial charge in [-0.1, -0.05) is 6.92 Å². The van der Waals surface area contributed by atoms with E-state index in [1.807, 2.05) is 0 Å². The molecule has 0 saturated heterocycles. The Labute approximate surface area is 82.3 Å². The Balaban J connectivity index is 2.80. The number of aromatic nitrogens is 2. The summed E-state index contributed by atoms with van der Waals surface area (Å²) in [6.07, 6.45) is 0.300. The first-order valence-corrected chi connectivity index (χ1v) is 4.49. The van der Waals surface area contributed by atoms with Crippen LogP contribution in [0.3, 0.4) is 0 Å². The summed E-state index contributed by atoms with van der Waals surface area (Å²) >= 11 is 3.11. The monoisotopic (exact) mass is 248 g/mol. The number of aliphatic carboxylic acids is 1. The van der Waals surface area contributed by atoms with Crippen LogP contribution in [0.2, 0.25) is 0 Å². The molecule has 72 valence electrons. The number of imidazole rings is 1. The summed E-state index contributed by atoms with van der Waals surface area (Å²) in [5, 5.41) is 8.62. The van der Waals surface area contributed by atoms with Crippen molar-refractivity contribution >= 4 is 21.9 Å². The highest BCUT2D eigenvalue weighted by molar-refractivity contribution is 9.10. The SMILES string of the molecule is CC(Cc1[nH]c(=O)[nH]c1Br)C(=O)O. The molecular formula is C7H9BrN2O3. The molecule has 0 spiro atoms. The predicted molar refractivity (Wildman–Crippen MR) is 49.6 cm³/mol.